The van der Waals surface area contributed by atoms with Gasteiger partial charge in [-0.05, 0) is 61.1 Å². The minimum absolute atomic E-state index is 0. The van der Waals surface area contributed by atoms with Gasteiger partial charge in [-0.3, -0.25) is 9.59 Å². The smallest absolute Gasteiger partial charge is 0.223 e. The molecule has 1 aromatic carbocycles. The van der Waals surface area contributed by atoms with Crippen LogP contribution in [0.2, 0.25) is 0 Å². The lowest BCUT2D eigenvalue weighted by molar-refractivity contribution is -0.130. The van der Waals surface area contributed by atoms with Crippen LogP contribution in [0.4, 0.5) is 0 Å². The number of hydrogen-bond donors (Lipinski definition) is 1. The van der Waals surface area contributed by atoms with Crippen LogP contribution in [0.15, 0.2) is 18.2 Å². The van der Waals surface area contributed by atoms with E-state index in [2.05, 4.69) is 6.07 Å². The Hall–Kier alpha value is -1.39. The number of fused-ring (bicyclic) bond motifs is 2. The molecular weight excluding hydrogens is 336 g/mol. The van der Waals surface area contributed by atoms with Crippen molar-refractivity contribution >= 4 is 24.1 Å². The molecule has 2 N–H and O–H groups in total. The van der Waals surface area contributed by atoms with Gasteiger partial charge in [-0.2, -0.15) is 0 Å². The van der Waals surface area contributed by atoms with E-state index in [4.69, 9.17) is 5.73 Å². The lowest BCUT2D eigenvalue weighted by Gasteiger charge is -2.18. The highest BCUT2D eigenvalue weighted by Gasteiger charge is 2.42. The molecule has 0 spiro atoms. The number of carbonyl (C=O) groups excluding carboxylic acids is 2. The fourth-order valence-corrected chi connectivity index (χ4v) is 4.78. The van der Waals surface area contributed by atoms with E-state index in [1.165, 1.54) is 17.5 Å². The van der Waals surface area contributed by atoms with Crippen molar-refractivity contribution in [2.45, 2.75) is 51.0 Å². The SMILES string of the molecule is Cl.NC1CCC2CN(C(=O)CCC(=O)c3ccc4c(c3)CCC4)CC12. The lowest BCUT2D eigenvalue weighted by Crippen LogP contribution is -2.33. The number of benzene rings is 1. The molecule has 0 bridgehead atoms. The number of Topliss-reactive ketones (excluding diaryl/α,β-unsaturated/α-hetero) is 1. The van der Waals surface area contributed by atoms with E-state index in [1.807, 2.05) is 17.0 Å². The summed E-state index contributed by atoms with van der Waals surface area (Å²) in [6, 6.07) is 6.30. The van der Waals surface area contributed by atoms with Gasteiger partial charge in [-0.25, -0.2) is 0 Å². The van der Waals surface area contributed by atoms with Gasteiger partial charge in [0.25, 0.3) is 0 Å². The molecule has 1 aromatic rings. The lowest BCUT2D eigenvalue weighted by atomic mass is 9.98. The number of nitrogens with zero attached hydrogens (tertiary/aromatic N) is 1. The Morgan fingerprint density at radius 3 is 2.68 bits per heavy atom. The second kappa shape index (κ2) is 7.46. The van der Waals surface area contributed by atoms with Crippen molar-refractivity contribution in [1.29, 1.82) is 0 Å². The predicted molar refractivity (Wildman–Crippen MR) is 100 cm³/mol. The van der Waals surface area contributed by atoms with Gasteiger partial charge in [0.05, 0.1) is 0 Å². The first kappa shape index (κ1) is 18.4. The second-order valence-corrected chi connectivity index (χ2v) is 7.72. The molecule has 4 rings (SSSR count). The summed E-state index contributed by atoms with van der Waals surface area (Å²) in [6.07, 6.45) is 6.26. The third kappa shape index (κ3) is 3.61. The van der Waals surface area contributed by atoms with E-state index in [0.29, 0.717) is 24.7 Å². The topological polar surface area (TPSA) is 63.4 Å². The Morgan fingerprint density at radius 1 is 1.08 bits per heavy atom. The van der Waals surface area contributed by atoms with Crippen molar-refractivity contribution in [3.63, 3.8) is 0 Å². The molecule has 0 aromatic heterocycles. The van der Waals surface area contributed by atoms with Gasteiger partial charge in [0.1, 0.15) is 0 Å². The van der Waals surface area contributed by atoms with Gasteiger partial charge >= 0.3 is 0 Å². The van der Waals surface area contributed by atoms with Gasteiger partial charge in [-0.15, -0.1) is 12.4 Å². The standard InChI is InChI=1S/C20H26N2O2.ClH/c21-18-7-6-16-11-22(12-17(16)18)20(24)9-8-19(23)15-5-4-13-2-1-3-14(13)10-15;/h4-5,10,16-18H,1-3,6-9,11-12,21H2;1H. The van der Waals surface area contributed by atoms with Crippen molar-refractivity contribution in [1.82, 2.24) is 4.90 Å². The molecule has 1 heterocycles. The van der Waals surface area contributed by atoms with Crippen molar-refractivity contribution in [3.8, 4) is 0 Å². The molecule has 3 unspecified atom stereocenters. The van der Waals surface area contributed by atoms with Gasteiger partial charge in [0.15, 0.2) is 5.78 Å². The van der Waals surface area contributed by atoms with Crippen molar-refractivity contribution in [3.05, 3.63) is 34.9 Å². The molecule has 1 amide bonds. The number of rotatable bonds is 4. The summed E-state index contributed by atoms with van der Waals surface area (Å²) in [6.45, 7) is 1.63. The zero-order chi connectivity index (χ0) is 16.7. The van der Waals surface area contributed by atoms with Crippen molar-refractivity contribution in [2.75, 3.05) is 13.1 Å². The summed E-state index contributed by atoms with van der Waals surface area (Å²) >= 11 is 0. The fourth-order valence-electron chi connectivity index (χ4n) is 4.78. The summed E-state index contributed by atoms with van der Waals surface area (Å²) in [5, 5.41) is 0. The highest BCUT2D eigenvalue weighted by Crippen LogP contribution is 2.37. The number of hydrogen-bond acceptors (Lipinski definition) is 3. The molecule has 3 atom stereocenters. The van der Waals surface area contributed by atoms with Crippen LogP contribution in [0.5, 0.6) is 0 Å². The second-order valence-electron chi connectivity index (χ2n) is 7.72. The number of halogens is 1. The van der Waals surface area contributed by atoms with E-state index in [9.17, 15) is 9.59 Å². The third-order valence-corrected chi connectivity index (χ3v) is 6.25. The van der Waals surface area contributed by atoms with Crippen molar-refractivity contribution in [2.24, 2.45) is 17.6 Å². The number of ketones is 1. The van der Waals surface area contributed by atoms with Gasteiger partial charge in [0, 0.05) is 37.5 Å². The molecule has 2 aliphatic carbocycles. The van der Waals surface area contributed by atoms with Gasteiger partial charge in [-0.1, -0.05) is 12.1 Å². The molecule has 1 aliphatic heterocycles. The Labute approximate surface area is 155 Å². The zero-order valence-electron chi connectivity index (χ0n) is 14.6. The molecule has 1 saturated heterocycles. The first-order valence-electron chi connectivity index (χ1n) is 9.30. The largest absolute Gasteiger partial charge is 0.342 e. The first-order valence-corrected chi connectivity index (χ1v) is 9.30. The van der Waals surface area contributed by atoms with Crippen LogP contribution in [0, 0.1) is 11.8 Å². The normalized spacial score (nSPS) is 26.9. The maximum absolute atomic E-state index is 12.4. The minimum Gasteiger partial charge on any atom is -0.342 e. The van der Waals surface area contributed by atoms with Gasteiger partial charge < -0.3 is 10.6 Å². The van der Waals surface area contributed by atoms with Crippen LogP contribution in [-0.4, -0.2) is 35.7 Å². The summed E-state index contributed by atoms with van der Waals surface area (Å²) in [7, 11) is 0. The Morgan fingerprint density at radius 2 is 1.88 bits per heavy atom. The van der Waals surface area contributed by atoms with Crippen LogP contribution in [0.3, 0.4) is 0 Å². The summed E-state index contributed by atoms with van der Waals surface area (Å²) < 4.78 is 0. The summed E-state index contributed by atoms with van der Waals surface area (Å²) in [5.41, 5.74) is 9.59. The molecule has 136 valence electrons. The van der Waals surface area contributed by atoms with E-state index in [-0.39, 0.29) is 30.1 Å². The predicted octanol–water partition coefficient (Wildman–Crippen LogP) is 2.76. The highest BCUT2D eigenvalue weighted by molar-refractivity contribution is 5.98. The molecule has 1 saturated carbocycles. The third-order valence-electron chi connectivity index (χ3n) is 6.25. The first-order chi connectivity index (χ1) is 11.6. The zero-order valence-corrected chi connectivity index (χ0v) is 15.4. The number of nitrogens with two attached hydrogens (primary N) is 1. The van der Waals surface area contributed by atoms with E-state index < -0.39 is 0 Å². The van der Waals surface area contributed by atoms with Crippen LogP contribution >= 0.6 is 12.4 Å². The maximum Gasteiger partial charge on any atom is 0.223 e. The van der Waals surface area contributed by atoms with E-state index >= 15 is 0 Å². The fraction of sp³-hybridized carbons (Fsp3) is 0.600. The molecule has 4 nitrogen and oxygen atoms in total. The van der Waals surface area contributed by atoms with Crippen LogP contribution < -0.4 is 5.73 Å². The average molecular weight is 363 g/mol. The number of amides is 1. The van der Waals surface area contributed by atoms with E-state index in [1.54, 1.807) is 0 Å². The van der Waals surface area contributed by atoms with Gasteiger partial charge in [0.2, 0.25) is 5.91 Å². The molecule has 5 heteroatoms. The molecule has 3 aliphatic rings. The highest BCUT2D eigenvalue weighted by atomic mass is 35.5. The monoisotopic (exact) mass is 362 g/mol. The molecule has 0 radical (unpaired) electrons. The number of likely N-dealkylation sites (tertiary alicyclic amines) is 1. The van der Waals surface area contributed by atoms with Crippen molar-refractivity contribution < 1.29 is 9.59 Å². The minimum atomic E-state index is 0. The number of carbonyl (C=O) groups is 2. The molecule has 2 fully saturated rings. The Kier molecular flexibility index (Phi) is 5.49. The maximum atomic E-state index is 12.4. The van der Waals surface area contributed by atoms with Crippen LogP contribution in [0.1, 0.15) is 53.6 Å². The summed E-state index contributed by atoms with van der Waals surface area (Å²) in [4.78, 5) is 26.8. The average Bonchev–Trinajstić information content (AvgIpc) is 3.28. The summed E-state index contributed by atoms with van der Waals surface area (Å²) in [5.74, 6) is 1.26. The Bertz CT molecular complexity index is 676. The number of aryl methyl sites for hydroxylation is 2. The van der Waals surface area contributed by atoms with Crippen LogP contribution in [-0.2, 0) is 17.6 Å². The molecular formula is C20H27ClN2O2. The molecule has 25 heavy (non-hydrogen) atoms. The Balaban J connectivity index is 0.00000182. The quantitative estimate of drug-likeness (QED) is 0.837. The van der Waals surface area contributed by atoms with E-state index in [0.717, 1.165) is 44.3 Å². The van der Waals surface area contributed by atoms with Crippen LogP contribution in [0.25, 0.3) is 0 Å².